The van der Waals surface area contributed by atoms with Gasteiger partial charge in [-0.1, -0.05) is 0 Å². The van der Waals surface area contributed by atoms with Crippen LogP contribution in [0.3, 0.4) is 0 Å². The lowest BCUT2D eigenvalue weighted by atomic mass is 10.4. The minimum Gasteiger partial charge on any atom is -0.297 e. The fourth-order valence-corrected chi connectivity index (χ4v) is 0.445. The van der Waals surface area contributed by atoms with E-state index in [0.717, 1.165) is 6.20 Å². The first-order chi connectivity index (χ1) is 6.52. The van der Waals surface area contributed by atoms with Crippen molar-refractivity contribution in [2.24, 2.45) is 5.84 Å². The van der Waals surface area contributed by atoms with E-state index in [0.29, 0.717) is 12.6 Å². The molecule has 8 heteroatoms. The van der Waals surface area contributed by atoms with Gasteiger partial charge in [-0.3, -0.25) is 15.2 Å². The molecule has 1 amide bonds. The van der Waals surface area contributed by atoms with Crippen LogP contribution in [0.1, 0.15) is 5.69 Å². The average molecular weight is 208 g/mol. The predicted octanol–water partition coefficient (Wildman–Crippen LogP) is 0.101. The van der Waals surface area contributed by atoms with E-state index in [9.17, 15) is 13.2 Å². The molecule has 0 fully saturated rings. The summed E-state index contributed by atoms with van der Waals surface area (Å²) in [6, 6.07) is 0. The summed E-state index contributed by atoms with van der Waals surface area (Å²) in [4.78, 5) is 15.3. The number of nitrogens with one attached hydrogen (secondary N) is 1. The smallest absolute Gasteiger partial charge is 0.297 e. The third kappa shape index (κ3) is 5.04. The molecule has 0 spiro atoms. The molecule has 0 aliphatic rings. The van der Waals surface area contributed by atoms with Crippen molar-refractivity contribution in [3.8, 4) is 0 Å². The molecule has 1 heterocycles. The van der Waals surface area contributed by atoms with Gasteiger partial charge < -0.3 is 0 Å². The minimum absolute atomic E-state index is 0.403. The van der Waals surface area contributed by atoms with E-state index in [4.69, 9.17) is 4.79 Å². The van der Waals surface area contributed by atoms with Crippen LogP contribution in [-0.2, 0) is 11.0 Å². The van der Waals surface area contributed by atoms with Crippen LogP contribution in [0, 0.1) is 0 Å². The maximum Gasteiger partial charge on any atom is 0.434 e. The SMILES string of the molecule is FC(F)(F)c1cnccn1.NNC=O. The Balaban J connectivity index is 0.000000364. The maximum atomic E-state index is 11.7. The van der Waals surface area contributed by atoms with E-state index in [-0.39, 0.29) is 0 Å². The third-order valence-corrected chi connectivity index (χ3v) is 0.922. The Morgan fingerprint density at radius 3 is 2.21 bits per heavy atom. The highest BCUT2D eigenvalue weighted by atomic mass is 19.4. The largest absolute Gasteiger partial charge is 0.434 e. The van der Waals surface area contributed by atoms with Gasteiger partial charge in [0.05, 0.1) is 6.20 Å². The summed E-state index contributed by atoms with van der Waals surface area (Å²) in [5.41, 5.74) is 0.787. The Morgan fingerprint density at radius 2 is 2.00 bits per heavy atom. The molecule has 14 heavy (non-hydrogen) atoms. The molecule has 3 N–H and O–H groups in total. The quantitative estimate of drug-likeness (QED) is 0.297. The van der Waals surface area contributed by atoms with E-state index >= 15 is 0 Å². The number of hydrazine groups is 1. The van der Waals surface area contributed by atoms with Gasteiger partial charge >= 0.3 is 6.18 Å². The number of halogens is 3. The van der Waals surface area contributed by atoms with Crippen LogP contribution < -0.4 is 11.3 Å². The Hall–Kier alpha value is -1.70. The van der Waals surface area contributed by atoms with Crippen molar-refractivity contribution in [1.29, 1.82) is 0 Å². The second kappa shape index (κ2) is 5.86. The number of alkyl halides is 3. The molecule has 1 rings (SSSR count). The van der Waals surface area contributed by atoms with Gasteiger partial charge in [0.25, 0.3) is 0 Å². The standard InChI is InChI=1S/C5H3F3N2.CH4N2O/c6-5(7,8)4-3-9-1-2-10-4;2-3-1-4/h1-3H;1H,2H2,(H,3,4). The van der Waals surface area contributed by atoms with Gasteiger partial charge in [-0.05, 0) is 0 Å². The summed E-state index contributed by atoms with van der Waals surface area (Å²) in [5, 5.41) is 0. The molecule has 0 aliphatic carbocycles. The maximum absolute atomic E-state index is 11.7. The number of nitrogens with two attached hydrogens (primary N) is 1. The number of aromatic nitrogens is 2. The molecule has 0 bridgehead atoms. The fraction of sp³-hybridized carbons (Fsp3) is 0.167. The number of rotatable bonds is 1. The average Bonchev–Trinajstić information content (AvgIpc) is 2.18. The molecule has 0 aliphatic heterocycles. The molecule has 1 aromatic rings. The first-order valence-electron chi connectivity index (χ1n) is 3.25. The zero-order valence-corrected chi connectivity index (χ0v) is 6.82. The lowest BCUT2D eigenvalue weighted by Crippen LogP contribution is -2.18. The van der Waals surface area contributed by atoms with Crippen molar-refractivity contribution in [2.75, 3.05) is 0 Å². The third-order valence-electron chi connectivity index (χ3n) is 0.922. The normalized spacial score (nSPS) is 9.71. The Kier molecular flexibility index (Phi) is 5.15. The number of nitrogens with zero attached hydrogens (tertiary/aromatic N) is 2. The Bertz CT molecular complexity index is 264. The van der Waals surface area contributed by atoms with Crippen molar-refractivity contribution in [3.63, 3.8) is 0 Å². The van der Waals surface area contributed by atoms with Crippen LogP contribution in [0.25, 0.3) is 0 Å². The second-order valence-corrected chi connectivity index (χ2v) is 1.87. The van der Waals surface area contributed by atoms with Gasteiger partial charge in [0, 0.05) is 12.4 Å². The highest BCUT2D eigenvalue weighted by molar-refractivity contribution is 5.44. The fourth-order valence-electron chi connectivity index (χ4n) is 0.445. The van der Waals surface area contributed by atoms with E-state index in [1.165, 1.54) is 6.20 Å². The van der Waals surface area contributed by atoms with Gasteiger partial charge in [-0.2, -0.15) is 13.2 Å². The first kappa shape index (κ1) is 12.3. The van der Waals surface area contributed by atoms with Crippen LogP contribution in [0.15, 0.2) is 18.6 Å². The molecular formula is C6H7F3N4O. The number of carbonyl (C=O) groups excluding carboxylic acids is 1. The molecule has 0 unspecified atom stereocenters. The lowest BCUT2D eigenvalue weighted by Gasteiger charge is -2.01. The van der Waals surface area contributed by atoms with Gasteiger partial charge in [0.2, 0.25) is 6.41 Å². The number of carbonyl (C=O) groups is 1. The number of hydrogen-bond acceptors (Lipinski definition) is 4. The first-order valence-corrected chi connectivity index (χ1v) is 3.25. The van der Waals surface area contributed by atoms with Crippen LogP contribution in [0.5, 0.6) is 0 Å². The number of amides is 1. The molecule has 1 aromatic heterocycles. The summed E-state index contributed by atoms with van der Waals surface area (Å²) >= 11 is 0. The second-order valence-electron chi connectivity index (χ2n) is 1.87. The van der Waals surface area contributed by atoms with Gasteiger partial charge in [-0.15, -0.1) is 0 Å². The van der Waals surface area contributed by atoms with Crippen LogP contribution in [0.2, 0.25) is 0 Å². The zero-order valence-electron chi connectivity index (χ0n) is 6.82. The van der Waals surface area contributed by atoms with Gasteiger partial charge in [0.1, 0.15) is 0 Å². The van der Waals surface area contributed by atoms with Crippen molar-refractivity contribution < 1.29 is 18.0 Å². The monoisotopic (exact) mass is 208 g/mol. The summed E-state index contributed by atoms with van der Waals surface area (Å²) in [5.74, 6) is 4.41. The Labute approximate surface area is 77.1 Å². The summed E-state index contributed by atoms with van der Waals surface area (Å²) in [6.07, 6.45) is -1.10. The zero-order chi connectivity index (χ0) is 11.0. The molecule has 0 radical (unpaired) electrons. The molecular weight excluding hydrogens is 201 g/mol. The van der Waals surface area contributed by atoms with Crippen molar-refractivity contribution in [2.45, 2.75) is 6.18 Å². The highest BCUT2D eigenvalue weighted by Gasteiger charge is 2.32. The van der Waals surface area contributed by atoms with Crippen LogP contribution >= 0.6 is 0 Å². The molecule has 0 atom stereocenters. The minimum atomic E-state index is -4.38. The summed E-state index contributed by atoms with van der Waals surface area (Å²) in [7, 11) is 0. The highest BCUT2D eigenvalue weighted by Crippen LogP contribution is 2.25. The molecule has 0 saturated carbocycles. The van der Waals surface area contributed by atoms with Crippen molar-refractivity contribution in [3.05, 3.63) is 24.3 Å². The lowest BCUT2D eigenvalue weighted by molar-refractivity contribution is -0.141. The Morgan fingerprint density at radius 1 is 1.43 bits per heavy atom. The van der Waals surface area contributed by atoms with Gasteiger partial charge in [0.15, 0.2) is 5.69 Å². The van der Waals surface area contributed by atoms with E-state index in [2.05, 4.69) is 15.8 Å². The molecule has 5 nitrogen and oxygen atoms in total. The van der Waals surface area contributed by atoms with Crippen LogP contribution in [-0.4, -0.2) is 16.4 Å². The van der Waals surface area contributed by atoms with E-state index in [1.54, 1.807) is 5.43 Å². The molecule has 78 valence electrons. The predicted molar refractivity (Wildman–Crippen MR) is 40.4 cm³/mol. The molecule has 0 saturated heterocycles. The van der Waals surface area contributed by atoms with Crippen molar-refractivity contribution in [1.82, 2.24) is 15.4 Å². The topological polar surface area (TPSA) is 80.9 Å². The molecule has 0 aromatic carbocycles. The van der Waals surface area contributed by atoms with Crippen molar-refractivity contribution >= 4 is 6.41 Å². The summed E-state index contributed by atoms with van der Waals surface area (Å²) < 4.78 is 35.1. The van der Waals surface area contributed by atoms with Crippen LogP contribution in [0.4, 0.5) is 13.2 Å². The van der Waals surface area contributed by atoms with Gasteiger partial charge in [-0.25, -0.2) is 10.8 Å². The van der Waals surface area contributed by atoms with E-state index in [1.807, 2.05) is 0 Å². The van der Waals surface area contributed by atoms with E-state index < -0.39 is 11.9 Å². The summed E-state index contributed by atoms with van der Waals surface area (Å²) in [6.45, 7) is 0. The number of hydrogen-bond donors (Lipinski definition) is 2.